The van der Waals surface area contributed by atoms with E-state index in [1.165, 1.54) is 5.56 Å². The fraction of sp³-hybridized carbons (Fsp3) is 0.353. The second kappa shape index (κ2) is 7.53. The fourth-order valence-electron chi connectivity index (χ4n) is 2.81. The molecule has 1 aromatic heterocycles. The summed E-state index contributed by atoms with van der Waals surface area (Å²) >= 11 is 6.02. The lowest BCUT2D eigenvalue weighted by atomic mass is 10.1. The Morgan fingerprint density at radius 2 is 2.09 bits per heavy atom. The molecule has 0 saturated heterocycles. The first kappa shape index (κ1) is 15.9. The third kappa shape index (κ3) is 4.06. The third-order valence-corrected chi connectivity index (χ3v) is 4.08. The van der Waals surface area contributed by atoms with Crippen LogP contribution in [0.2, 0.25) is 5.28 Å². The summed E-state index contributed by atoms with van der Waals surface area (Å²) in [5.74, 6) is 0.750. The molecule has 0 amide bonds. The summed E-state index contributed by atoms with van der Waals surface area (Å²) < 4.78 is 0. The molecule has 0 aliphatic carbocycles. The van der Waals surface area contributed by atoms with E-state index in [2.05, 4.69) is 44.5 Å². The number of carbonyl (C=O) groups is 1. The van der Waals surface area contributed by atoms with Gasteiger partial charge in [-0.1, -0.05) is 30.3 Å². The van der Waals surface area contributed by atoms with Gasteiger partial charge in [-0.2, -0.15) is 0 Å². The molecule has 0 atom stereocenters. The second-order valence-corrected chi connectivity index (χ2v) is 5.93. The molecule has 2 aromatic rings. The Balaban J connectivity index is 1.76. The molecule has 1 N–H and O–H groups in total. The lowest BCUT2D eigenvalue weighted by Gasteiger charge is -2.29. The van der Waals surface area contributed by atoms with E-state index in [9.17, 15) is 4.79 Å². The monoisotopic (exact) mass is 330 g/mol. The number of carbonyl (C=O) groups excluding carboxylic acids is 1. The van der Waals surface area contributed by atoms with Crippen molar-refractivity contribution in [2.24, 2.45) is 0 Å². The summed E-state index contributed by atoms with van der Waals surface area (Å²) in [6.07, 6.45) is 2.20. The fourth-order valence-corrected chi connectivity index (χ4v) is 3.00. The van der Waals surface area contributed by atoms with E-state index in [0.29, 0.717) is 13.0 Å². The summed E-state index contributed by atoms with van der Waals surface area (Å²) in [6.45, 7) is 3.19. The smallest absolute Gasteiger partial charge is 0.224 e. The Bertz CT molecular complexity index is 678. The first-order chi connectivity index (χ1) is 11.3. The average Bonchev–Trinajstić information content (AvgIpc) is 2.56. The van der Waals surface area contributed by atoms with Crippen molar-refractivity contribution in [3.8, 4) is 0 Å². The van der Waals surface area contributed by atoms with E-state index in [4.69, 9.17) is 11.6 Å². The number of nitrogens with one attached hydrogen (secondary N) is 1. The Kier molecular flexibility index (Phi) is 5.20. The van der Waals surface area contributed by atoms with E-state index in [0.717, 1.165) is 49.4 Å². The number of anilines is 1. The molecule has 0 radical (unpaired) electrons. The second-order valence-electron chi connectivity index (χ2n) is 5.59. The Morgan fingerprint density at radius 3 is 2.87 bits per heavy atom. The van der Waals surface area contributed by atoms with Crippen molar-refractivity contribution in [2.45, 2.75) is 25.9 Å². The van der Waals surface area contributed by atoms with Crippen LogP contribution in [-0.4, -0.2) is 34.2 Å². The molecule has 120 valence electrons. The minimum atomic E-state index is 0.258. The minimum absolute atomic E-state index is 0.258. The Hall–Kier alpha value is -1.98. The maximum Gasteiger partial charge on any atom is 0.224 e. The lowest BCUT2D eigenvalue weighted by Crippen LogP contribution is -2.31. The standard InChI is InChI=1S/C17H19ClN4O/c18-17-20-15-7-9-22(11-13-5-2-1-3-6-13)12-14(15)16(21-17)19-8-4-10-23/h1-3,5-6,10H,4,7-9,11-12H2,(H,19,20,21). The zero-order valence-corrected chi connectivity index (χ0v) is 13.6. The molecule has 1 aliphatic heterocycles. The van der Waals surface area contributed by atoms with E-state index < -0.39 is 0 Å². The number of nitrogens with zero attached hydrogens (tertiary/aromatic N) is 3. The van der Waals surface area contributed by atoms with Gasteiger partial charge in [0, 0.05) is 44.6 Å². The predicted octanol–water partition coefficient (Wildman–Crippen LogP) is 2.69. The molecule has 1 aromatic carbocycles. The molecular weight excluding hydrogens is 312 g/mol. The van der Waals surface area contributed by atoms with Crippen LogP contribution in [0.15, 0.2) is 30.3 Å². The van der Waals surface area contributed by atoms with Gasteiger partial charge in [-0.15, -0.1) is 0 Å². The zero-order chi connectivity index (χ0) is 16.1. The molecule has 0 fully saturated rings. The van der Waals surface area contributed by atoms with Crippen LogP contribution in [0.1, 0.15) is 23.2 Å². The summed E-state index contributed by atoms with van der Waals surface area (Å²) in [7, 11) is 0. The van der Waals surface area contributed by atoms with E-state index in [1.54, 1.807) is 0 Å². The highest BCUT2D eigenvalue weighted by molar-refractivity contribution is 6.28. The summed E-state index contributed by atoms with van der Waals surface area (Å²) in [4.78, 5) is 21.5. The van der Waals surface area contributed by atoms with Crippen molar-refractivity contribution in [2.75, 3.05) is 18.4 Å². The predicted molar refractivity (Wildman–Crippen MR) is 90.5 cm³/mol. The molecule has 0 unspecified atom stereocenters. The van der Waals surface area contributed by atoms with Crippen LogP contribution < -0.4 is 5.32 Å². The largest absolute Gasteiger partial charge is 0.369 e. The zero-order valence-electron chi connectivity index (χ0n) is 12.8. The van der Waals surface area contributed by atoms with Gasteiger partial charge >= 0.3 is 0 Å². The lowest BCUT2D eigenvalue weighted by molar-refractivity contribution is -0.107. The van der Waals surface area contributed by atoms with Crippen LogP contribution in [0.25, 0.3) is 0 Å². The summed E-state index contributed by atoms with van der Waals surface area (Å²) in [5, 5.41) is 3.46. The third-order valence-electron chi connectivity index (χ3n) is 3.92. The number of halogens is 1. The number of rotatable bonds is 6. The quantitative estimate of drug-likeness (QED) is 0.501. The van der Waals surface area contributed by atoms with E-state index >= 15 is 0 Å². The van der Waals surface area contributed by atoms with Gasteiger partial charge in [-0.25, -0.2) is 9.97 Å². The maximum atomic E-state index is 10.5. The first-order valence-corrected chi connectivity index (χ1v) is 8.13. The number of hydrogen-bond acceptors (Lipinski definition) is 5. The average molecular weight is 331 g/mol. The van der Waals surface area contributed by atoms with Gasteiger partial charge < -0.3 is 10.1 Å². The molecule has 0 spiro atoms. The molecular formula is C17H19ClN4O. The van der Waals surface area contributed by atoms with Crippen LogP contribution in [-0.2, 0) is 24.3 Å². The Morgan fingerprint density at radius 1 is 1.26 bits per heavy atom. The van der Waals surface area contributed by atoms with Crippen LogP contribution in [0, 0.1) is 0 Å². The van der Waals surface area contributed by atoms with Crippen molar-refractivity contribution in [1.82, 2.24) is 14.9 Å². The van der Waals surface area contributed by atoms with Crippen LogP contribution in [0.5, 0.6) is 0 Å². The number of benzene rings is 1. The molecule has 6 heteroatoms. The van der Waals surface area contributed by atoms with Crippen LogP contribution in [0.4, 0.5) is 5.82 Å². The van der Waals surface area contributed by atoms with Gasteiger partial charge in [-0.3, -0.25) is 4.90 Å². The van der Waals surface area contributed by atoms with Crippen molar-refractivity contribution >= 4 is 23.7 Å². The number of fused-ring (bicyclic) bond motifs is 1. The first-order valence-electron chi connectivity index (χ1n) is 7.75. The van der Waals surface area contributed by atoms with Gasteiger partial charge in [0.05, 0.1) is 5.69 Å². The normalized spacial score (nSPS) is 14.3. The van der Waals surface area contributed by atoms with Crippen molar-refractivity contribution < 1.29 is 4.79 Å². The van der Waals surface area contributed by atoms with Crippen molar-refractivity contribution in [3.05, 3.63) is 52.4 Å². The highest BCUT2D eigenvalue weighted by Gasteiger charge is 2.22. The van der Waals surface area contributed by atoms with E-state index in [1.807, 2.05) is 6.07 Å². The molecule has 23 heavy (non-hydrogen) atoms. The van der Waals surface area contributed by atoms with Gasteiger partial charge in [0.25, 0.3) is 0 Å². The summed E-state index contributed by atoms with van der Waals surface area (Å²) in [6, 6.07) is 10.4. The molecule has 0 bridgehead atoms. The number of hydrogen-bond donors (Lipinski definition) is 1. The van der Waals surface area contributed by atoms with E-state index in [-0.39, 0.29) is 5.28 Å². The Labute approximate surface area is 140 Å². The molecule has 3 rings (SSSR count). The number of aldehydes is 1. The maximum absolute atomic E-state index is 10.5. The molecule has 2 heterocycles. The highest BCUT2D eigenvalue weighted by Crippen LogP contribution is 2.26. The molecule has 5 nitrogen and oxygen atoms in total. The van der Waals surface area contributed by atoms with Gasteiger partial charge in [0.15, 0.2) is 0 Å². The van der Waals surface area contributed by atoms with Crippen molar-refractivity contribution in [1.29, 1.82) is 0 Å². The molecule has 1 aliphatic rings. The van der Waals surface area contributed by atoms with Crippen molar-refractivity contribution in [3.63, 3.8) is 0 Å². The van der Waals surface area contributed by atoms with Crippen LogP contribution >= 0.6 is 11.6 Å². The van der Waals surface area contributed by atoms with Gasteiger partial charge in [-0.05, 0) is 17.2 Å². The minimum Gasteiger partial charge on any atom is -0.369 e. The SMILES string of the molecule is O=CCCNc1nc(Cl)nc2c1CN(Cc1ccccc1)CC2. The van der Waals surface area contributed by atoms with Gasteiger partial charge in [0.2, 0.25) is 5.28 Å². The summed E-state index contributed by atoms with van der Waals surface area (Å²) in [5.41, 5.74) is 3.38. The molecule has 0 saturated carbocycles. The number of aromatic nitrogens is 2. The van der Waals surface area contributed by atoms with Gasteiger partial charge in [0.1, 0.15) is 12.1 Å². The van der Waals surface area contributed by atoms with Crippen LogP contribution in [0.3, 0.4) is 0 Å². The highest BCUT2D eigenvalue weighted by atomic mass is 35.5. The topological polar surface area (TPSA) is 58.1 Å².